The number of carbonyl (C=O) groups is 2. The highest BCUT2D eigenvalue weighted by molar-refractivity contribution is 7.15. The molecular formula is C18H16N6O2S. The number of aryl methyl sites for hydroxylation is 1. The van der Waals surface area contributed by atoms with E-state index in [-0.39, 0.29) is 18.2 Å². The second-order valence-corrected chi connectivity index (χ2v) is 6.63. The van der Waals surface area contributed by atoms with Gasteiger partial charge in [0, 0.05) is 18.0 Å². The van der Waals surface area contributed by atoms with Crippen molar-refractivity contribution in [2.45, 2.75) is 13.3 Å². The van der Waals surface area contributed by atoms with E-state index in [9.17, 15) is 9.59 Å². The molecule has 0 radical (unpaired) electrons. The fourth-order valence-electron chi connectivity index (χ4n) is 2.05. The van der Waals surface area contributed by atoms with Crippen molar-refractivity contribution in [3.05, 3.63) is 70.5 Å². The van der Waals surface area contributed by atoms with Crippen LogP contribution in [0.25, 0.3) is 0 Å². The summed E-state index contributed by atoms with van der Waals surface area (Å²) in [5.74, 6) is -0.600. The van der Waals surface area contributed by atoms with Gasteiger partial charge in [-0.25, -0.2) is 5.43 Å². The SMILES string of the molecule is Cc1ccc(C(=O)Nc2nnc(CC(=O)NN=Cc3ccncc3)s2)cc1. The molecule has 0 saturated carbocycles. The van der Waals surface area contributed by atoms with Crippen LogP contribution in [0.15, 0.2) is 53.9 Å². The zero-order valence-corrected chi connectivity index (χ0v) is 15.2. The first-order valence-corrected chi connectivity index (χ1v) is 8.84. The molecule has 2 amide bonds. The highest BCUT2D eigenvalue weighted by Crippen LogP contribution is 2.17. The van der Waals surface area contributed by atoms with Crippen molar-refractivity contribution in [2.24, 2.45) is 5.10 Å². The van der Waals surface area contributed by atoms with Crippen molar-refractivity contribution < 1.29 is 9.59 Å². The van der Waals surface area contributed by atoms with Crippen LogP contribution in [0.5, 0.6) is 0 Å². The molecule has 8 nitrogen and oxygen atoms in total. The van der Waals surface area contributed by atoms with Crippen molar-refractivity contribution in [2.75, 3.05) is 5.32 Å². The van der Waals surface area contributed by atoms with E-state index < -0.39 is 0 Å². The number of carbonyl (C=O) groups excluding carboxylic acids is 2. The van der Waals surface area contributed by atoms with Crippen LogP contribution in [-0.2, 0) is 11.2 Å². The van der Waals surface area contributed by atoms with Crippen molar-refractivity contribution in [1.82, 2.24) is 20.6 Å². The molecule has 0 saturated heterocycles. The van der Waals surface area contributed by atoms with Crippen molar-refractivity contribution in [3.8, 4) is 0 Å². The van der Waals surface area contributed by atoms with E-state index >= 15 is 0 Å². The van der Waals surface area contributed by atoms with Gasteiger partial charge in [-0.1, -0.05) is 29.0 Å². The van der Waals surface area contributed by atoms with Crippen LogP contribution in [-0.4, -0.2) is 33.2 Å². The van der Waals surface area contributed by atoms with Gasteiger partial charge >= 0.3 is 0 Å². The Morgan fingerprint density at radius 2 is 1.85 bits per heavy atom. The number of aromatic nitrogens is 3. The Balaban J connectivity index is 1.51. The lowest BCUT2D eigenvalue weighted by molar-refractivity contribution is -0.120. The maximum absolute atomic E-state index is 12.2. The molecular weight excluding hydrogens is 364 g/mol. The Labute approximate surface area is 159 Å². The van der Waals surface area contributed by atoms with Crippen molar-refractivity contribution in [1.29, 1.82) is 0 Å². The van der Waals surface area contributed by atoms with E-state index in [1.54, 1.807) is 36.7 Å². The van der Waals surface area contributed by atoms with E-state index in [0.29, 0.717) is 15.7 Å². The van der Waals surface area contributed by atoms with Crippen LogP contribution in [0.1, 0.15) is 26.5 Å². The average molecular weight is 380 g/mol. The summed E-state index contributed by atoms with van der Waals surface area (Å²) in [4.78, 5) is 28.0. The molecule has 0 spiro atoms. The molecule has 0 atom stereocenters. The number of hydrazone groups is 1. The first kappa shape index (κ1) is 18.3. The van der Waals surface area contributed by atoms with Crippen LogP contribution in [0.2, 0.25) is 0 Å². The van der Waals surface area contributed by atoms with Gasteiger partial charge in [-0.2, -0.15) is 5.10 Å². The molecule has 0 aliphatic rings. The summed E-state index contributed by atoms with van der Waals surface area (Å²) >= 11 is 1.14. The number of hydrogen-bond acceptors (Lipinski definition) is 7. The number of benzene rings is 1. The average Bonchev–Trinajstić information content (AvgIpc) is 3.09. The second-order valence-electron chi connectivity index (χ2n) is 5.57. The first-order valence-electron chi connectivity index (χ1n) is 8.02. The monoisotopic (exact) mass is 380 g/mol. The van der Waals surface area contributed by atoms with Crippen LogP contribution in [0.4, 0.5) is 5.13 Å². The van der Waals surface area contributed by atoms with E-state index in [0.717, 1.165) is 22.5 Å². The minimum Gasteiger partial charge on any atom is -0.296 e. The van der Waals surface area contributed by atoms with Crippen LogP contribution in [0, 0.1) is 6.92 Å². The quantitative estimate of drug-likeness (QED) is 0.503. The summed E-state index contributed by atoms with van der Waals surface area (Å²) < 4.78 is 0. The lowest BCUT2D eigenvalue weighted by atomic mass is 10.1. The number of hydrogen-bond donors (Lipinski definition) is 2. The third kappa shape index (κ3) is 5.51. The summed E-state index contributed by atoms with van der Waals surface area (Å²) in [5, 5.41) is 15.2. The largest absolute Gasteiger partial charge is 0.296 e. The second kappa shape index (κ2) is 8.77. The van der Waals surface area contributed by atoms with Gasteiger partial charge in [0.2, 0.25) is 11.0 Å². The van der Waals surface area contributed by atoms with E-state index in [1.165, 1.54) is 6.21 Å². The van der Waals surface area contributed by atoms with E-state index in [4.69, 9.17) is 0 Å². The summed E-state index contributed by atoms with van der Waals surface area (Å²) in [6.45, 7) is 1.95. The predicted octanol–water partition coefficient (Wildman–Crippen LogP) is 2.19. The fraction of sp³-hybridized carbons (Fsp3) is 0.111. The Morgan fingerprint density at radius 1 is 1.11 bits per heavy atom. The number of nitrogens with one attached hydrogen (secondary N) is 2. The van der Waals surface area contributed by atoms with Crippen LogP contribution >= 0.6 is 11.3 Å². The molecule has 27 heavy (non-hydrogen) atoms. The molecule has 2 N–H and O–H groups in total. The van der Waals surface area contributed by atoms with Gasteiger partial charge in [0.15, 0.2) is 0 Å². The summed E-state index contributed by atoms with van der Waals surface area (Å²) in [6, 6.07) is 10.7. The number of anilines is 1. The van der Waals surface area contributed by atoms with Crippen molar-refractivity contribution >= 4 is 34.5 Å². The van der Waals surface area contributed by atoms with Crippen molar-refractivity contribution in [3.63, 3.8) is 0 Å². The summed E-state index contributed by atoms with van der Waals surface area (Å²) in [7, 11) is 0. The van der Waals surface area contributed by atoms with Gasteiger partial charge in [-0.3, -0.25) is 19.9 Å². The Hall–Kier alpha value is -3.46. The molecule has 0 bridgehead atoms. The Bertz CT molecular complexity index is 953. The molecule has 136 valence electrons. The molecule has 2 heterocycles. The number of pyridine rings is 1. The van der Waals surface area contributed by atoms with Gasteiger partial charge in [-0.05, 0) is 36.8 Å². The minimum absolute atomic E-state index is 0.0196. The lowest BCUT2D eigenvalue weighted by Gasteiger charge is -2.01. The van der Waals surface area contributed by atoms with Gasteiger partial charge < -0.3 is 0 Å². The maximum atomic E-state index is 12.2. The predicted molar refractivity (Wildman–Crippen MR) is 103 cm³/mol. The third-order valence-electron chi connectivity index (χ3n) is 3.42. The molecule has 0 aliphatic carbocycles. The molecule has 2 aromatic heterocycles. The number of amides is 2. The van der Waals surface area contributed by atoms with Crippen LogP contribution in [0.3, 0.4) is 0 Å². The smallest absolute Gasteiger partial charge is 0.257 e. The molecule has 0 unspecified atom stereocenters. The maximum Gasteiger partial charge on any atom is 0.257 e. The molecule has 1 aromatic carbocycles. The minimum atomic E-state index is -0.326. The van der Waals surface area contributed by atoms with Gasteiger partial charge in [0.1, 0.15) is 5.01 Å². The summed E-state index contributed by atoms with van der Waals surface area (Å²) in [5.41, 5.74) is 4.84. The third-order valence-corrected chi connectivity index (χ3v) is 4.26. The standard InChI is InChI=1S/C18H16N6O2S/c1-12-2-4-14(5-3-12)17(26)21-18-24-23-16(27-18)10-15(25)22-20-11-13-6-8-19-9-7-13/h2-9,11H,10H2,1H3,(H,22,25)(H,21,24,26). The molecule has 9 heteroatoms. The molecule has 0 aliphatic heterocycles. The number of nitrogens with zero attached hydrogens (tertiary/aromatic N) is 4. The molecule has 3 rings (SSSR count). The first-order chi connectivity index (χ1) is 13.1. The zero-order chi connectivity index (χ0) is 19.1. The topological polar surface area (TPSA) is 109 Å². The van der Waals surface area contributed by atoms with E-state index in [2.05, 4.69) is 31.0 Å². The summed E-state index contributed by atoms with van der Waals surface area (Å²) in [6.07, 6.45) is 4.81. The van der Waals surface area contributed by atoms with Gasteiger partial charge in [0.05, 0.1) is 12.6 Å². The van der Waals surface area contributed by atoms with Crippen LogP contribution < -0.4 is 10.7 Å². The van der Waals surface area contributed by atoms with Gasteiger partial charge in [0.25, 0.3) is 5.91 Å². The zero-order valence-electron chi connectivity index (χ0n) is 14.4. The molecule has 3 aromatic rings. The Morgan fingerprint density at radius 3 is 2.59 bits per heavy atom. The Kier molecular flexibility index (Phi) is 5.95. The van der Waals surface area contributed by atoms with Gasteiger partial charge in [-0.15, -0.1) is 10.2 Å². The highest BCUT2D eigenvalue weighted by atomic mass is 32.1. The number of rotatable bonds is 6. The fourth-order valence-corrected chi connectivity index (χ4v) is 2.79. The van der Waals surface area contributed by atoms with E-state index in [1.807, 2.05) is 19.1 Å². The molecule has 0 fully saturated rings. The highest BCUT2D eigenvalue weighted by Gasteiger charge is 2.12. The normalized spacial score (nSPS) is 10.7. The lowest BCUT2D eigenvalue weighted by Crippen LogP contribution is -2.19.